The SMILES string of the molecule is Cl.N[C@H]1CCC[C@@H]1COc1ccc(Cl)cc1. The van der Waals surface area contributed by atoms with Gasteiger partial charge in [-0.05, 0) is 37.1 Å². The van der Waals surface area contributed by atoms with Gasteiger partial charge in [0.05, 0.1) is 6.61 Å². The highest BCUT2D eigenvalue weighted by Crippen LogP contribution is 2.25. The molecule has 0 bridgehead atoms. The first-order valence-corrected chi connectivity index (χ1v) is 5.77. The Hall–Kier alpha value is -0.440. The topological polar surface area (TPSA) is 35.2 Å². The van der Waals surface area contributed by atoms with Gasteiger partial charge in [-0.15, -0.1) is 12.4 Å². The summed E-state index contributed by atoms with van der Waals surface area (Å²) in [7, 11) is 0. The predicted octanol–water partition coefficient (Wildman–Crippen LogP) is 3.27. The van der Waals surface area contributed by atoms with Gasteiger partial charge < -0.3 is 10.5 Å². The van der Waals surface area contributed by atoms with E-state index in [1.807, 2.05) is 24.3 Å². The van der Waals surface area contributed by atoms with E-state index in [1.165, 1.54) is 12.8 Å². The van der Waals surface area contributed by atoms with E-state index in [0.717, 1.165) is 23.8 Å². The maximum atomic E-state index is 5.97. The van der Waals surface area contributed by atoms with E-state index in [0.29, 0.717) is 12.0 Å². The lowest BCUT2D eigenvalue weighted by Gasteiger charge is -2.16. The van der Waals surface area contributed by atoms with Crippen LogP contribution in [0.4, 0.5) is 0 Å². The molecule has 0 amide bonds. The fraction of sp³-hybridized carbons (Fsp3) is 0.500. The fourth-order valence-corrected chi connectivity index (χ4v) is 2.13. The molecule has 2 rings (SSSR count). The minimum absolute atomic E-state index is 0. The number of ether oxygens (including phenoxy) is 1. The molecule has 1 aromatic carbocycles. The molecule has 2 atom stereocenters. The zero-order valence-corrected chi connectivity index (χ0v) is 10.6. The molecule has 1 aromatic rings. The first-order valence-electron chi connectivity index (χ1n) is 5.39. The molecule has 90 valence electrons. The van der Waals surface area contributed by atoms with Crippen molar-refractivity contribution in [2.24, 2.45) is 11.7 Å². The third-order valence-corrected chi connectivity index (χ3v) is 3.25. The molecule has 2 N–H and O–H groups in total. The molecule has 16 heavy (non-hydrogen) atoms. The molecule has 4 heteroatoms. The van der Waals surface area contributed by atoms with Gasteiger partial charge in [0.15, 0.2) is 0 Å². The first kappa shape index (κ1) is 13.6. The summed E-state index contributed by atoms with van der Waals surface area (Å²) >= 11 is 5.79. The number of hydrogen-bond donors (Lipinski definition) is 1. The zero-order chi connectivity index (χ0) is 10.7. The van der Waals surface area contributed by atoms with Crippen molar-refractivity contribution in [3.05, 3.63) is 29.3 Å². The van der Waals surface area contributed by atoms with Crippen LogP contribution in [0.1, 0.15) is 19.3 Å². The normalized spacial score (nSPS) is 23.9. The van der Waals surface area contributed by atoms with Gasteiger partial charge in [0.25, 0.3) is 0 Å². The van der Waals surface area contributed by atoms with Crippen molar-refractivity contribution in [1.82, 2.24) is 0 Å². The molecular weight excluding hydrogens is 245 g/mol. The lowest BCUT2D eigenvalue weighted by atomic mass is 10.1. The van der Waals surface area contributed by atoms with Gasteiger partial charge in [-0.1, -0.05) is 18.0 Å². The summed E-state index contributed by atoms with van der Waals surface area (Å²) in [4.78, 5) is 0. The molecule has 1 fully saturated rings. The largest absolute Gasteiger partial charge is 0.493 e. The highest BCUT2D eigenvalue weighted by atomic mass is 35.5. The number of halogens is 2. The molecule has 0 radical (unpaired) electrons. The molecule has 2 nitrogen and oxygen atoms in total. The van der Waals surface area contributed by atoms with Gasteiger partial charge in [-0.3, -0.25) is 0 Å². The highest BCUT2D eigenvalue weighted by Gasteiger charge is 2.24. The second-order valence-corrected chi connectivity index (χ2v) is 4.56. The van der Waals surface area contributed by atoms with Crippen molar-refractivity contribution in [2.75, 3.05) is 6.61 Å². The van der Waals surface area contributed by atoms with Crippen LogP contribution in [0.15, 0.2) is 24.3 Å². The summed E-state index contributed by atoms with van der Waals surface area (Å²) in [6.07, 6.45) is 3.55. The average molecular weight is 262 g/mol. The van der Waals surface area contributed by atoms with E-state index in [-0.39, 0.29) is 12.4 Å². The lowest BCUT2D eigenvalue weighted by Crippen LogP contribution is -2.28. The molecule has 0 unspecified atom stereocenters. The fourth-order valence-electron chi connectivity index (χ4n) is 2.01. The van der Waals surface area contributed by atoms with Crippen LogP contribution in [0.3, 0.4) is 0 Å². The molecular formula is C12H17Cl2NO. The molecule has 0 aromatic heterocycles. The van der Waals surface area contributed by atoms with Gasteiger partial charge in [-0.2, -0.15) is 0 Å². The van der Waals surface area contributed by atoms with E-state index >= 15 is 0 Å². The lowest BCUT2D eigenvalue weighted by molar-refractivity contribution is 0.239. The van der Waals surface area contributed by atoms with E-state index in [1.54, 1.807) is 0 Å². The summed E-state index contributed by atoms with van der Waals surface area (Å²) in [6.45, 7) is 0.725. The second kappa shape index (κ2) is 6.33. The van der Waals surface area contributed by atoms with Gasteiger partial charge in [0.1, 0.15) is 5.75 Å². The third kappa shape index (κ3) is 3.55. The molecule has 1 aliphatic rings. The zero-order valence-electron chi connectivity index (χ0n) is 9.06. The maximum Gasteiger partial charge on any atom is 0.119 e. The maximum absolute atomic E-state index is 5.97. The van der Waals surface area contributed by atoms with Crippen LogP contribution in [0.2, 0.25) is 5.02 Å². The van der Waals surface area contributed by atoms with Crippen LogP contribution in [-0.4, -0.2) is 12.6 Å². The number of rotatable bonds is 3. The first-order chi connectivity index (χ1) is 7.25. The van der Waals surface area contributed by atoms with Crippen LogP contribution < -0.4 is 10.5 Å². The van der Waals surface area contributed by atoms with E-state index in [9.17, 15) is 0 Å². The molecule has 0 spiro atoms. The average Bonchev–Trinajstić information content (AvgIpc) is 2.63. The van der Waals surface area contributed by atoms with Crippen LogP contribution in [0, 0.1) is 5.92 Å². The minimum atomic E-state index is 0. The van der Waals surface area contributed by atoms with Crippen LogP contribution >= 0.6 is 24.0 Å². The molecule has 1 aliphatic carbocycles. The predicted molar refractivity (Wildman–Crippen MR) is 69.5 cm³/mol. The Labute approximate surface area is 108 Å². The van der Waals surface area contributed by atoms with Gasteiger partial charge in [0.2, 0.25) is 0 Å². The summed E-state index contributed by atoms with van der Waals surface area (Å²) < 4.78 is 5.68. The molecule has 0 heterocycles. The van der Waals surface area contributed by atoms with Crippen molar-refractivity contribution in [1.29, 1.82) is 0 Å². The van der Waals surface area contributed by atoms with Crippen molar-refractivity contribution in [3.8, 4) is 5.75 Å². The Balaban J connectivity index is 0.00000128. The second-order valence-electron chi connectivity index (χ2n) is 4.12. The van der Waals surface area contributed by atoms with Gasteiger partial charge in [-0.25, -0.2) is 0 Å². The Morgan fingerprint density at radius 2 is 1.94 bits per heavy atom. The molecule has 0 saturated heterocycles. The number of hydrogen-bond acceptors (Lipinski definition) is 2. The van der Waals surface area contributed by atoms with Crippen LogP contribution in [0.5, 0.6) is 5.75 Å². The van der Waals surface area contributed by atoms with Gasteiger partial charge in [0, 0.05) is 17.0 Å². The summed E-state index contributed by atoms with van der Waals surface area (Å²) in [5.41, 5.74) is 5.97. The smallest absolute Gasteiger partial charge is 0.119 e. The minimum Gasteiger partial charge on any atom is -0.493 e. The Kier molecular flexibility index (Phi) is 5.39. The third-order valence-electron chi connectivity index (χ3n) is 3.00. The quantitative estimate of drug-likeness (QED) is 0.907. The number of nitrogens with two attached hydrogens (primary N) is 1. The van der Waals surface area contributed by atoms with E-state index in [2.05, 4.69) is 0 Å². The standard InChI is InChI=1S/C12H16ClNO.ClH/c13-10-4-6-11(7-5-10)15-8-9-2-1-3-12(9)14;/h4-7,9,12H,1-3,8,14H2;1H/t9-,12+;/m1./s1. The van der Waals surface area contributed by atoms with Crippen molar-refractivity contribution in [2.45, 2.75) is 25.3 Å². The van der Waals surface area contributed by atoms with Crippen molar-refractivity contribution in [3.63, 3.8) is 0 Å². The van der Waals surface area contributed by atoms with Gasteiger partial charge >= 0.3 is 0 Å². The Bertz CT molecular complexity index is 315. The number of benzene rings is 1. The van der Waals surface area contributed by atoms with E-state index in [4.69, 9.17) is 22.1 Å². The molecule has 1 saturated carbocycles. The summed E-state index contributed by atoms with van der Waals surface area (Å²) in [6, 6.07) is 7.78. The Morgan fingerprint density at radius 3 is 2.50 bits per heavy atom. The van der Waals surface area contributed by atoms with Crippen LogP contribution in [0.25, 0.3) is 0 Å². The monoisotopic (exact) mass is 261 g/mol. The van der Waals surface area contributed by atoms with E-state index < -0.39 is 0 Å². The molecule has 0 aliphatic heterocycles. The van der Waals surface area contributed by atoms with Crippen molar-refractivity contribution >= 4 is 24.0 Å². The highest BCUT2D eigenvalue weighted by molar-refractivity contribution is 6.30. The summed E-state index contributed by atoms with van der Waals surface area (Å²) in [5, 5.41) is 0.736. The summed E-state index contributed by atoms with van der Waals surface area (Å²) in [5.74, 6) is 1.39. The van der Waals surface area contributed by atoms with Crippen molar-refractivity contribution < 1.29 is 4.74 Å². The Morgan fingerprint density at radius 1 is 1.25 bits per heavy atom. The van der Waals surface area contributed by atoms with Crippen LogP contribution in [-0.2, 0) is 0 Å².